The minimum absolute atomic E-state index is 0. The van der Waals surface area contributed by atoms with E-state index in [0.717, 1.165) is 19.5 Å². The maximum absolute atomic E-state index is 3.34. The third kappa shape index (κ3) is 3.00. The van der Waals surface area contributed by atoms with Crippen molar-refractivity contribution in [1.82, 2.24) is 5.32 Å². The van der Waals surface area contributed by atoms with E-state index in [-0.39, 0.29) is 12.4 Å². The Morgan fingerprint density at radius 3 is 2.69 bits per heavy atom. The van der Waals surface area contributed by atoms with Crippen molar-refractivity contribution < 1.29 is 0 Å². The highest BCUT2D eigenvalue weighted by Gasteiger charge is 2.06. The maximum Gasteiger partial charge on any atom is 0.0367 e. The lowest BCUT2D eigenvalue weighted by Gasteiger charge is -2.17. The van der Waals surface area contributed by atoms with E-state index >= 15 is 0 Å². The molecule has 1 aromatic carbocycles. The molecule has 2 nitrogen and oxygen atoms in total. The molecule has 0 amide bonds. The van der Waals surface area contributed by atoms with Gasteiger partial charge in [0.1, 0.15) is 0 Å². The highest BCUT2D eigenvalue weighted by atomic mass is 35.5. The van der Waals surface area contributed by atoms with Crippen LogP contribution in [0.3, 0.4) is 0 Å². The van der Waals surface area contributed by atoms with E-state index in [1.54, 1.807) is 0 Å². The fraction of sp³-hybridized carbons (Fsp3) is 0.385. The normalized spacial score (nSPS) is 15.0. The molecule has 1 aliphatic rings. The van der Waals surface area contributed by atoms with Crippen molar-refractivity contribution in [3.8, 4) is 0 Å². The zero-order valence-electron chi connectivity index (χ0n) is 9.86. The van der Waals surface area contributed by atoms with Crippen LogP contribution in [0.5, 0.6) is 0 Å². The molecule has 0 spiro atoms. The van der Waals surface area contributed by atoms with Crippen LogP contribution < -0.4 is 10.2 Å². The van der Waals surface area contributed by atoms with Gasteiger partial charge in [0.15, 0.2) is 0 Å². The average Bonchev–Trinajstić information content (AvgIpc) is 2.30. The van der Waals surface area contributed by atoms with Crippen molar-refractivity contribution in [2.24, 2.45) is 0 Å². The second-order valence-corrected chi connectivity index (χ2v) is 4.13. The van der Waals surface area contributed by atoms with Crippen LogP contribution in [-0.4, -0.2) is 27.2 Å². The minimum atomic E-state index is 0. The van der Waals surface area contributed by atoms with E-state index in [2.05, 4.69) is 54.7 Å². The molecule has 0 bridgehead atoms. The van der Waals surface area contributed by atoms with Gasteiger partial charge in [0.05, 0.1) is 0 Å². The molecule has 0 saturated carbocycles. The van der Waals surface area contributed by atoms with E-state index in [4.69, 9.17) is 0 Å². The van der Waals surface area contributed by atoms with Gasteiger partial charge in [-0.25, -0.2) is 0 Å². The van der Waals surface area contributed by atoms with Crippen molar-refractivity contribution in [1.29, 1.82) is 0 Å². The lowest BCUT2D eigenvalue weighted by molar-refractivity contribution is 0.738. The third-order valence-electron chi connectivity index (χ3n) is 2.80. The van der Waals surface area contributed by atoms with Crippen LogP contribution in [-0.2, 0) is 0 Å². The van der Waals surface area contributed by atoms with Crippen LogP contribution in [0, 0.1) is 0 Å². The van der Waals surface area contributed by atoms with Crippen molar-refractivity contribution in [2.75, 3.05) is 32.1 Å². The number of benzene rings is 1. The van der Waals surface area contributed by atoms with Gasteiger partial charge in [0.25, 0.3) is 0 Å². The average molecular weight is 239 g/mol. The number of rotatable bonds is 2. The molecule has 1 N–H and O–H groups in total. The second-order valence-electron chi connectivity index (χ2n) is 4.13. The number of nitrogens with zero attached hydrogens (tertiary/aromatic N) is 1. The highest BCUT2D eigenvalue weighted by Crippen LogP contribution is 2.23. The molecule has 0 saturated heterocycles. The first-order valence-corrected chi connectivity index (χ1v) is 5.45. The summed E-state index contributed by atoms with van der Waals surface area (Å²) in [5, 5.41) is 3.34. The Morgan fingerprint density at radius 2 is 2.06 bits per heavy atom. The second kappa shape index (κ2) is 5.92. The zero-order valence-corrected chi connectivity index (χ0v) is 10.7. The lowest BCUT2D eigenvalue weighted by atomic mass is 10.00. The first kappa shape index (κ1) is 13.1. The number of anilines is 1. The monoisotopic (exact) mass is 238 g/mol. The number of hydrogen-bond donors (Lipinski definition) is 1. The van der Waals surface area contributed by atoms with Gasteiger partial charge in [-0.1, -0.05) is 18.2 Å². The van der Waals surface area contributed by atoms with E-state index < -0.39 is 0 Å². The van der Waals surface area contributed by atoms with Crippen molar-refractivity contribution in [3.05, 3.63) is 35.9 Å². The first-order valence-electron chi connectivity index (χ1n) is 5.45. The summed E-state index contributed by atoms with van der Waals surface area (Å²) in [6.45, 7) is 2.10. The topological polar surface area (TPSA) is 15.3 Å². The summed E-state index contributed by atoms with van der Waals surface area (Å²) in [6.07, 6.45) is 3.43. The zero-order chi connectivity index (χ0) is 10.7. The quantitative estimate of drug-likeness (QED) is 0.852. The van der Waals surface area contributed by atoms with E-state index in [9.17, 15) is 0 Å². The van der Waals surface area contributed by atoms with E-state index in [0.29, 0.717) is 0 Å². The van der Waals surface area contributed by atoms with Crippen LogP contribution >= 0.6 is 12.4 Å². The molecule has 3 heteroatoms. The standard InChI is InChI=1S/C13H18N2.ClH/c1-15(2)13-5-3-4-12(10-13)11-6-8-14-9-7-11;/h3-6,10,14H,7-9H2,1-2H3;1H. The number of halogens is 1. The molecule has 0 aromatic heterocycles. The Kier molecular flexibility index (Phi) is 4.84. The van der Waals surface area contributed by atoms with Crippen LogP contribution in [0.15, 0.2) is 30.3 Å². The van der Waals surface area contributed by atoms with Crippen LogP contribution in [0.1, 0.15) is 12.0 Å². The van der Waals surface area contributed by atoms with Gasteiger partial charge in [-0.3, -0.25) is 0 Å². The summed E-state index contributed by atoms with van der Waals surface area (Å²) < 4.78 is 0. The number of hydrogen-bond acceptors (Lipinski definition) is 2. The van der Waals surface area contributed by atoms with Gasteiger partial charge in [-0.05, 0) is 36.2 Å². The predicted molar refractivity (Wildman–Crippen MR) is 73.5 cm³/mol. The summed E-state index contributed by atoms with van der Waals surface area (Å²) in [7, 11) is 4.16. The summed E-state index contributed by atoms with van der Waals surface area (Å²) in [6, 6.07) is 8.74. The van der Waals surface area contributed by atoms with Crippen molar-refractivity contribution in [2.45, 2.75) is 6.42 Å². The van der Waals surface area contributed by atoms with Gasteiger partial charge in [-0.15, -0.1) is 12.4 Å². The Morgan fingerprint density at radius 1 is 1.25 bits per heavy atom. The van der Waals surface area contributed by atoms with Crippen LogP contribution in [0.4, 0.5) is 5.69 Å². The van der Waals surface area contributed by atoms with Gasteiger partial charge in [0, 0.05) is 26.3 Å². The molecule has 0 unspecified atom stereocenters. The fourth-order valence-corrected chi connectivity index (χ4v) is 1.87. The molecular formula is C13H19ClN2. The molecule has 88 valence electrons. The molecule has 16 heavy (non-hydrogen) atoms. The van der Waals surface area contributed by atoms with Crippen LogP contribution in [0.2, 0.25) is 0 Å². The number of nitrogens with one attached hydrogen (secondary N) is 1. The molecule has 0 radical (unpaired) electrons. The van der Waals surface area contributed by atoms with E-state index in [1.165, 1.54) is 16.8 Å². The maximum atomic E-state index is 3.34. The molecule has 0 atom stereocenters. The SMILES string of the molecule is CN(C)c1cccc(C2=CCNCC2)c1.Cl. The van der Waals surface area contributed by atoms with E-state index in [1.807, 2.05) is 0 Å². The Labute approximate surface area is 104 Å². The first-order chi connectivity index (χ1) is 7.27. The molecule has 1 aromatic rings. The smallest absolute Gasteiger partial charge is 0.0367 e. The third-order valence-corrected chi connectivity index (χ3v) is 2.80. The fourth-order valence-electron chi connectivity index (χ4n) is 1.87. The molecule has 1 aliphatic heterocycles. The summed E-state index contributed by atoms with van der Waals surface area (Å²) >= 11 is 0. The summed E-state index contributed by atoms with van der Waals surface area (Å²) in [5.74, 6) is 0. The van der Waals surface area contributed by atoms with Gasteiger partial charge in [0.2, 0.25) is 0 Å². The molecule has 0 fully saturated rings. The van der Waals surface area contributed by atoms with Gasteiger partial charge in [-0.2, -0.15) is 0 Å². The Hall–Kier alpha value is -0.990. The summed E-state index contributed by atoms with van der Waals surface area (Å²) in [4.78, 5) is 2.14. The molecule has 1 heterocycles. The van der Waals surface area contributed by atoms with Gasteiger partial charge < -0.3 is 10.2 Å². The Bertz CT molecular complexity index is 372. The Balaban J connectivity index is 0.00000128. The van der Waals surface area contributed by atoms with Crippen LogP contribution in [0.25, 0.3) is 5.57 Å². The predicted octanol–water partition coefficient (Wildman–Crippen LogP) is 2.55. The van der Waals surface area contributed by atoms with Crippen molar-refractivity contribution in [3.63, 3.8) is 0 Å². The molecule has 2 rings (SSSR count). The van der Waals surface area contributed by atoms with Crippen molar-refractivity contribution >= 4 is 23.7 Å². The highest BCUT2D eigenvalue weighted by molar-refractivity contribution is 5.85. The molecular weight excluding hydrogens is 220 g/mol. The minimum Gasteiger partial charge on any atom is -0.378 e. The lowest BCUT2D eigenvalue weighted by Crippen LogP contribution is -2.20. The molecule has 0 aliphatic carbocycles. The largest absolute Gasteiger partial charge is 0.378 e. The summed E-state index contributed by atoms with van der Waals surface area (Å²) in [5.41, 5.74) is 4.10. The van der Waals surface area contributed by atoms with Gasteiger partial charge >= 0.3 is 0 Å².